The number of nitrogens with one attached hydrogen (secondary N) is 1. The number of nitro groups is 1. The van der Waals surface area contributed by atoms with E-state index in [1.807, 2.05) is 0 Å². The summed E-state index contributed by atoms with van der Waals surface area (Å²) >= 11 is 0. The first-order valence-electron chi connectivity index (χ1n) is 8.88. The van der Waals surface area contributed by atoms with E-state index in [1.54, 1.807) is 18.2 Å². The molecule has 1 amide bonds. The monoisotopic (exact) mass is 344 g/mol. The summed E-state index contributed by atoms with van der Waals surface area (Å²) < 4.78 is 5.25. The quantitative estimate of drug-likeness (QED) is 0.500. The van der Waals surface area contributed by atoms with E-state index in [1.165, 1.54) is 30.9 Å². The average Bonchev–Trinajstić information content (AvgIpc) is 2.69. The summed E-state index contributed by atoms with van der Waals surface area (Å²) in [5, 5.41) is 14.0. The molecule has 1 aromatic carbocycles. The zero-order chi connectivity index (χ0) is 17.8. The Labute approximate surface area is 147 Å². The lowest BCUT2D eigenvalue weighted by Gasteiger charge is -2.26. The maximum atomic E-state index is 12.2. The summed E-state index contributed by atoms with van der Waals surface area (Å²) in [7, 11) is 0. The molecule has 3 rings (SSSR count). The van der Waals surface area contributed by atoms with Crippen LogP contribution in [0.1, 0.15) is 44.6 Å². The Morgan fingerprint density at radius 1 is 1.40 bits per heavy atom. The maximum Gasteiger partial charge on any atom is 0.407 e. The van der Waals surface area contributed by atoms with Crippen LogP contribution in [0.3, 0.4) is 0 Å². The Balaban J connectivity index is 1.58. The number of rotatable bonds is 4. The molecule has 0 aromatic heterocycles. The summed E-state index contributed by atoms with van der Waals surface area (Å²) in [4.78, 5) is 22.7. The fraction of sp³-hybridized carbons (Fsp3) is 0.526. The summed E-state index contributed by atoms with van der Waals surface area (Å²) in [5.41, 5.74) is 1.88. The number of carbonyl (C=O) groups excluding carboxylic acids is 1. The Morgan fingerprint density at radius 3 is 3.00 bits per heavy atom. The number of nitro benzene ring substituents is 1. The lowest BCUT2D eigenvalue weighted by Crippen LogP contribution is -2.40. The summed E-state index contributed by atoms with van der Waals surface area (Å²) in [5.74, 6) is 0.905. The molecule has 0 heterocycles. The summed E-state index contributed by atoms with van der Waals surface area (Å²) in [6.07, 6.45) is 7.52. The van der Waals surface area contributed by atoms with Crippen molar-refractivity contribution in [2.45, 2.75) is 51.7 Å². The van der Waals surface area contributed by atoms with E-state index in [0.717, 1.165) is 12.8 Å². The van der Waals surface area contributed by atoms with Gasteiger partial charge in [0.2, 0.25) is 0 Å². The second kappa shape index (κ2) is 7.68. The van der Waals surface area contributed by atoms with Gasteiger partial charge in [-0.2, -0.15) is 0 Å². The Kier molecular flexibility index (Phi) is 5.36. The number of alkyl carbamates (subject to hydrolysis) is 1. The molecule has 6 nitrogen and oxygen atoms in total. The largest absolute Gasteiger partial charge is 0.444 e. The molecule has 0 saturated heterocycles. The minimum atomic E-state index is -0.509. The van der Waals surface area contributed by atoms with Crippen molar-refractivity contribution in [3.05, 3.63) is 51.6 Å². The van der Waals surface area contributed by atoms with E-state index < -0.39 is 11.0 Å². The minimum Gasteiger partial charge on any atom is -0.444 e. The normalized spacial score (nSPS) is 25.5. The number of para-hydroxylation sites is 1. The van der Waals surface area contributed by atoms with Crippen LogP contribution in [0.4, 0.5) is 10.5 Å². The molecule has 2 bridgehead atoms. The zero-order valence-corrected chi connectivity index (χ0v) is 14.4. The van der Waals surface area contributed by atoms with Gasteiger partial charge in [0.1, 0.15) is 6.61 Å². The van der Waals surface area contributed by atoms with E-state index >= 15 is 0 Å². The smallest absolute Gasteiger partial charge is 0.407 e. The molecule has 134 valence electrons. The van der Waals surface area contributed by atoms with Crippen molar-refractivity contribution < 1.29 is 14.5 Å². The molecular formula is C19H24N2O4. The Morgan fingerprint density at radius 2 is 2.20 bits per heavy atom. The lowest BCUT2D eigenvalue weighted by atomic mass is 9.84. The molecule has 6 heteroatoms. The Bertz CT molecular complexity index is 686. The average molecular weight is 344 g/mol. The fourth-order valence-electron chi connectivity index (χ4n) is 3.94. The van der Waals surface area contributed by atoms with Crippen LogP contribution >= 0.6 is 0 Å². The van der Waals surface area contributed by atoms with Gasteiger partial charge in [-0.15, -0.1) is 0 Å². The molecule has 1 fully saturated rings. The van der Waals surface area contributed by atoms with Gasteiger partial charge in [0.25, 0.3) is 5.69 Å². The molecule has 3 atom stereocenters. The van der Waals surface area contributed by atoms with Gasteiger partial charge in [-0.05, 0) is 50.0 Å². The van der Waals surface area contributed by atoms with Crippen molar-refractivity contribution in [1.29, 1.82) is 0 Å². The van der Waals surface area contributed by atoms with Crippen LogP contribution < -0.4 is 5.32 Å². The van der Waals surface area contributed by atoms with Crippen molar-refractivity contribution in [3.63, 3.8) is 0 Å². The number of nitrogens with zero attached hydrogens (tertiary/aromatic N) is 1. The van der Waals surface area contributed by atoms with E-state index in [2.05, 4.69) is 18.3 Å². The molecule has 3 unspecified atom stereocenters. The highest BCUT2D eigenvalue weighted by molar-refractivity contribution is 5.67. The summed E-state index contributed by atoms with van der Waals surface area (Å²) in [6, 6.07) is 6.37. The van der Waals surface area contributed by atoms with Gasteiger partial charge in [-0.25, -0.2) is 4.79 Å². The van der Waals surface area contributed by atoms with Crippen LogP contribution in [0.5, 0.6) is 0 Å². The minimum absolute atomic E-state index is 0.0309. The SMILES string of the molecule is CC1C=C2CCCC(C2)CC1NC(=O)OCc1ccccc1[N+](=O)[O-]. The fourth-order valence-corrected chi connectivity index (χ4v) is 3.94. The van der Waals surface area contributed by atoms with Gasteiger partial charge in [-0.1, -0.05) is 30.7 Å². The zero-order valence-electron chi connectivity index (χ0n) is 14.4. The van der Waals surface area contributed by atoms with Gasteiger partial charge >= 0.3 is 6.09 Å². The van der Waals surface area contributed by atoms with Crippen molar-refractivity contribution >= 4 is 11.8 Å². The predicted molar refractivity (Wildman–Crippen MR) is 94.0 cm³/mol. The van der Waals surface area contributed by atoms with E-state index in [-0.39, 0.29) is 24.3 Å². The second-order valence-corrected chi connectivity index (χ2v) is 7.09. The molecule has 2 aliphatic carbocycles. The van der Waals surface area contributed by atoms with Crippen LogP contribution in [-0.2, 0) is 11.3 Å². The van der Waals surface area contributed by atoms with Crippen LogP contribution in [-0.4, -0.2) is 17.1 Å². The Hall–Kier alpha value is -2.37. The first-order chi connectivity index (χ1) is 12.0. The standard InChI is InChI=1S/C19H24N2O4/c1-13-9-14-5-4-6-15(10-14)11-17(13)20-19(22)25-12-16-7-2-3-8-18(16)21(23)24/h2-3,7-9,13,15,17H,4-6,10-12H2,1H3,(H,20,22). The van der Waals surface area contributed by atoms with Crippen molar-refractivity contribution in [1.82, 2.24) is 5.32 Å². The number of carbonyl (C=O) groups is 1. The third-order valence-corrected chi connectivity index (χ3v) is 5.23. The van der Waals surface area contributed by atoms with Gasteiger partial charge in [0.15, 0.2) is 0 Å². The van der Waals surface area contributed by atoms with Crippen LogP contribution in [0, 0.1) is 22.0 Å². The predicted octanol–water partition coefficient (Wildman–Crippen LogP) is 4.35. The van der Waals surface area contributed by atoms with Crippen molar-refractivity contribution in [2.24, 2.45) is 11.8 Å². The number of hydrogen-bond donors (Lipinski definition) is 1. The molecule has 1 N–H and O–H groups in total. The molecule has 1 saturated carbocycles. The number of amides is 1. The highest BCUT2D eigenvalue weighted by atomic mass is 16.6. The molecule has 0 aliphatic heterocycles. The number of ether oxygens (including phenoxy) is 1. The van der Waals surface area contributed by atoms with Gasteiger partial charge in [0, 0.05) is 12.1 Å². The topological polar surface area (TPSA) is 81.5 Å². The number of benzene rings is 1. The van der Waals surface area contributed by atoms with Crippen molar-refractivity contribution in [2.75, 3.05) is 0 Å². The van der Waals surface area contributed by atoms with Gasteiger partial charge in [-0.3, -0.25) is 10.1 Å². The first-order valence-corrected chi connectivity index (χ1v) is 8.88. The highest BCUT2D eigenvalue weighted by Crippen LogP contribution is 2.36. The molecular weight excluding hydrogens is 320 g/mol. The van der Waals surface area contributed by atoms with Crippen molar-refractivity contribution in [3.8, 4) is 0 Å². The first kappa shape index (κ1) is 17.5. The molecule has 1 aromatic rings. The molecule has 0 spiro atoms. The number of hydrogen-bond acceptors (Lipinski definition) is 4. The second-order valence-electron chi connectivity index (χ2n) is 7.09. The van der Waals surface area contributed by atoms with Crippen LogP contribution in [0.2, 0.25) is 0 Å². The van der Waals surface area contributed by atoms with E-state index in [9.17, 15) is 14.9 Å². The van der Waals surface area contributed by atoms with Crippen LogP contribution in [0.25, 0.3) is 0 Å². The molecule has 0 radical (unpaired) electrons. The lowest BCUT2D eigenvalue weighted by molar-refractivity contribution is -0.385. The van der Waals surface area contributed by atoms with Gasteiger partial charge < -0.3 is 10.1 Å². The number of fused-ring (bicyclic) bond motifs is 2. The van der Waals surface area contributed by atoms with Crippen LogP contribution in [0.15, 0.2) is 35.9 Å². The van der Waals surface area contributed by atoms with E-state index in [4.69, 9.17) is 4.74 Å². The third-order valence-electron chi connectivity index (χ3n) is 5.23. The molecule has 25 heavy (non-hydrogen) atoms. The highest BCUT2D eigenvalue weighted by Gasteiger charge is 2.29. The maximum absolute atomic E-state index is 12.2. The van der Waals surface area contributed by atoms with Gasteiger partial charge in [0.05, 0.1) is 10.5 Å². The third kappa shape index (κ3) is 4.38. The number of allylic oxidation sites excluding steroid dienone is 1. The molecule has 2 aliphatic rings. The summed E-state index contributed by atoms with van der Waals surface area (Å²) in [6.45, 7) is 2.02. The van der Waals surface area contributed by atoms with E-state index in [0.29, 0.717) is 11.5 Å².